The molecule has 2 rings (SSSR count). The summed E-state index contributed by atoms with van der Waals surface area (Å²) in [6.07, 6.45) is 5.09. The van der Waals surface area contributed by atoms with Crippen molar-refractivity contribution in [3.8, 4) is 0 Å². The van der Waals surface area contributed by atoms with E-state index in [0.29, 0.717) is 18.8 Å². The van der Waals surface area contributed by atoms with Crippen molar-refractivity contribution in [1.82, 2.24) is 0 Å². The minimum Gasteiger partial charge on any atom is -0.381 e. The summed E-state index contributed by atoms with van der Waals surface area (Å²) in [5, 5.41) is 10.7. The Morgan fingerprint density at radius 3 is 2.81 bits per heavy atom. The van der Waals surface area contributed by atoms with E-state index >= 15 is 0 Å². The normalized spacial score (nSPS) is 43.9. The highest BCUT2D eigenvalue weighted by Crippen LogP contribution is 2.53. The van der Waals surface area contributed by atoms with Gasteiger partial charge in [0.1, 0.15) is 5.60 Å². The Hall–Kier alpha value is -0.630. The van der Waals surface area contributed by atoms with Gasteiger partial charge in [0.15, 0.2) is 5.78 Å². The van der Waals surface area contributed by atoms with Gasteiger partial charge in [0.2, 0.25) is 0 Å². The molecule has 0 aliphatic heterocycles. The van der Waals surface area contributed by atoms with Crippen molar-refractivity contribution < 1.29 is 9.90 Å². The van der Waals surface area contributed by atoms with Gasteiger partial charge < -0.3 is 5.11 Å². The molecule has 0 amide bonds. The van der Waals surface area contributed by atoms with Crippen LogP contribution in [0.3, 0.4) is 0 Å². The number of fused-ring (bicyclic) bond motifs is 1. The third kappa shape index (κ3) is 1.55. The zero-order valence-corrected chi connectivity index (χ0v) is 10.4. The second-order valence-corrected chi connectivity index (χ2v) is 5.98. The smallest absolute Gasteiger partial charge is 0.164 e. The molecule has 0 aromatic rings. The van der Waals surface area contributed by atoms with Crippen LogP contribution in [0.5, 0.6) is 0 Å². The van der Waals surface area contributed by atoms with E-state index in [-0.39, 0.29) is 11.2 Å². The largest absolute Gasteiger partial charge is 0.381 e. The fraction of sp³-hybridized carbons (Fsp3) is 0.786. The van der Waals surface area contributed by atoms with Crippen molar-refractivity contribution in [2.75, 3.05) is 0 Å². The van der Waals surface area contributed by atoms with Crippen LogP contribution in [0.4, 0.5) is 0 Å². The van der Waals surface area contributed by atoms with Crippen LogP contribution in [-0.4, -0.2) is 16.5 Å². The zero-order valence-electron chi connectivity index (χ0n) is 10.4. The molecule has 2 saturated carbocycles. The number of rotatable bonds is 1. The SMILES string of the molecule is C=C(C)[C@@H]1CC[C@]2(C)CCCC(=O)[C@]2(O)C1. The van der Waals surface area contributed by atoms with E-state index in [4.69, 9.17) is 0 Å². The number of Topliss-reactive ketones (excluding diaryl/α,β-unsaturated/α-hetero) is 1. The fourth-order valence-corrected chi connectivity index (χ4v) is 3.45. The van der Waals surface area contributed by atoms with Gasteiger partial charge in [-0.05, 0) is 44.9 Å². The Kier molecular flexibility index (Phi) is 2.73. The lowest BCUT2D eigenvalue weighted by Crippen LogP contribution is -2.58. The molecule has 0 unspecified atom stereocenters. The average molecular weight is 222 g/mol. The van der Waals surface area contributed by atoms with Gasteiger partial charge in [0, 0.05) is 11.8 Å². The van der Waals surface area contributed by atoms with Crippen LogP contribution in [0.25, 0.3) is 0 Å². The molecule has 2 aliphatic rings. The molecule has 0 bridgehead atoms. The molecule has 2 heteroatoms. The molecule has 2 aliphatic carbocycles. The summed E-state index contributed by atoms with van der Waals surface area (Å²) in [4.78, 5) is 12.0. The first-order chi connectivity index (χ1) is 7.39. The van der Waals surface area contributed by atoms with Gasteiger partial charge in [0.05, 0.1) is 0 Å². The first kappa shape index (κ1) is 11.8. The number of carbonyl (C=O) groups is 1. The Bertz CT molecular complexity index is 334. The van der Waals surface area contributed by atoms with Crippen molar-refractivity contribution in [3.63, 3.8) is 0 Å². The van der Waals surface area contributed by atoms with Gasteiger partial charge in [-0.1, -0.05) is 19.1 Å². The van der Waals surface area contributed by atoms with Crippen LogP contribution < -0.4 is 0 Å². The Morgan fingerprint density at radius 2 is 2.19 bits per heavy atom. The first-order valence-electron chi connectivity index (χ1n) is 6.30. The molecule has 0 heterocycles. The van der Waals surface area contributed by atoms with E-state index in [2.05, 4.69) is 13.5 Å². The molecule has 0 spiro atoms. The molecule has 0 aromatic heterocycles. The van der Waals surface area contributed by atoms with Crippen LogP contribution in [0.2, 0.25) is 0 Å². The fourth-order valence-electron chi connectivity index (χ4n) is 3.45. The highest BCUT2D eigenvalue weighted by molar-refractivity contribution is 5.89. The van der Waals surface area contributed by atoms with Crippen molar-refractivity contribution in [1.29, 1.82) is 0 Å². The maximum atomic E-state index is 12.0. The van der Waals surface area contributed by atoms with E-state index in [9.17, 15) is 9.90 Å². The predicted octanol–water partition coefficient (Wildman–Crippen LogP) is 2.85. The number of allylic oxidation sites excluding steroid dienone is 1. The second-order valence-electron chi connectivity index (χ2n) is 5.98. The molecule has 2 nitrogen and oxygen atoms in total. The number of hydrogen-bond donors (Lipinski definition) is 1. The highest BCUT2D eigenvalue weighted by Gasteiger charge is 2.56. The number of carbonyl (C=O) groups excluding carboxylic acids is 1. The summed E-state index contributed by atoms with van der Waals surface area (Å²) >= 11 is 0. The molecule has 3 atom stereocenters. The van der Waals surface area contributed by atoms with Gasteiger partial charge in [-0.15, -0.1) is 0 Å². The lowest BCUT2D eigenvalue weighted by Gasteiger charge is -2.52. The molecule has 0 saturated heterocycles. The average Bonchev–Trinajstić information content (AvgIpc) is 2.20. The maximum Gasteiger partial charge on any atom is 0.164 e. The third-order valence-corrected chi connectivity index (χ3v) is 4.88. The minimum absolute atomic E-state index is 0.0622. The van der Waals surface area contributed by atoms with Crippen LogP contribution in [0, 0.1) is 11.3 Å². The molecule has 0 radical (unpaired) electrons. The Labute approximate surface area is 97.7 Å². The van der Waals surface area contributed by atoms with Gasteiger partial charge in [-0.2, -0.15) is 0 Å². The zero-order chi connectivity index (χ0) is 12.0. The summed E-state index contributed by atoms with van der Waals surface area (Å²) < 4.78 is 0. The topological polar surface area (TPSA) is 37.3 Å². The van der Waals surface area contributed by atoms with Crippen molar-refractivity contribution in [2.45, 2.75) is 58.0 Å². The van der Waals surface area contributed by atoms with Gasteiger partial charge in [0.25, 0.3) is 0 Å². The molecule has 0 aromatic carbocycles. The van der Waals surface area contributed by atoms with E-state index in [1.54, 1.807) is 0 Å². The minimum atomic E-state index is -1.08. The lowest BCUT2D eigenvalue weighted by atomic mass is 9.54. The van der Waals surface area contributed by atoms with Gasteiger partial charge in [-0.25, -0.2) is 0 Å². The van der Waals surface area contributed by atoms with Crippen molar-refractivity contribution >= 4 is 5.78 Å². The summed E-state index contributed by atoms with van der Waals surface area (Å²) in [7, 11) is 0. The maximum absolute atomic E-state index is 12.0. The van der Waals surface area contributed by atoms with Crippen LogP contribution in [0.15, 0.2) is 12.2 Å². The summed E-state index contributed by atoms with van der Waals surface area (Å²) in [6, 6.07) is 0. The summed E-state index contributed by atoms with van der Waals surface area (Å²) in [6.45, 7) is 8.06. The molecule has 90 valence electrons. The Balaban J connectivity index is 2.29. The van der Waals surface area contributed by atoms with Crippen LogP contribution in [-0.2, 0) is 4.79 Å². The van der Waals surface area contributed by atoms with E-state index in [0.717, 1.165) is 31.3 Å². The number of ketones is 1. The Morgan fingerprint density at radius 1 is 1.50 bits per heavy atom. The van der Waals surface area contributed by atoms with Crippen LogP contribution in [0.1, 0.15) is 52.4 Å². The second kappa shape index (κ2) is 3.69. The summed E-state index contributed by atoms with van der Waals surface area (Å²) in [5.74, 6) is 0.382. The molecule has 2 fully saturated rings. The van der Waals surface area contributed by atoms with Crippen LogP contribution >= 0.6 is 0 Å². The standard InChI is InChI=1S/C14H22O2/c1-10(2)11-6-8-13(3)7-4-5-12(15)14(13,16)9-11/h11,16H,1,4-9H2,2-3H3/t11-,13+,14-/m1/s1. The highest BCUT2D eigenvalue weighted by atomic mass is 16.3. The number of aliphatic hydroxyl groups is 1. The van der Waals surface area contributed by atoms with E-state index in [1.165, 1.54) is 0 Å². The monoisotopic (exact) mass is 222 g/mol. The van der Waals surface area contributed by atoms with Gasteiger partial charge >= 0.3 is 0 Å². The number of hydrogen-bond acceptors (Lipinski definition) is 2. The molecule has 1 N–H and O–H groups in total. The quantitative estimate of drug-likeness (QED) is 0.693. The van der Waals surface area contributed by atoms with E-state index in [1.807, 2.05) is 6.92 Å². The van der Waals surface area contributed by atoms with Gasteiger partial charge in [-0.3, -0.25) is 4.79 Å². The molecule has 16 heavy (non-hydrogen) atoms. The molecular weight excluding hydrogens is 200 g/mol. The summed E-state index contributed by atoms with van der Waals surface area (Å²) in [5.41, 5.74) is -0.157. The van der Waals surface area contributed by atoms with Crippen molar-refractivity contribution in [3.05, 3.63) is 12.2 Å². The lowest BCUT2D eigenvalue weighted by molar-refractivity contribution is -0.171. The van der Waals surface area contributed by atoms with Crippen molar-refractivity contribution in [2.24, 2.45) is 11.3 Å². The third-order valence-electron chi connectivity index (χ3n) is 4.88. The first-order valence-corrected chi connectivity index (χ1v) is 6.30. The predicted molar refractivity (Wildman–Crippen MR) is 64.1 cm³/mol. The van der Waals surface area contributed by atoms with E-state index < -0.39 is 5.60 Å². The molecular formula is C14H22O2.